The van der Waals surface area contributed by atoms with Crippen molar-refractivity contribution in [2.75, 3.05) is 40.3 Å². The van der Waals surface area contributed by atoms with Crippen LogP contribution in [0.3, 0.4) is 0 Å². The lowest BCUT2D eigenvalue weighted by Crippen LogP contribution is -2.48. The fourth-order valence-electron chi connectivity index (χ4n) is 3.63. The highest BCUT2D eigenvalue weighted by atomic mass is 35.5. The van der Waals surface area contributed by atoms with E-state index in [1.807, 2.05) is 55.4 Å². The van der Waals surface area contributed by atoms with Crippen LogP contribution >= 0.6 is 11.6 Å². The van der Waals surface area contributed by atoms with Gasteiger partial charge in [0.05, 0.1) is 0 Å². The number of pyridine rings is 1. The molecule has 1 aromatic carbocycles. The molecule has 29 heavy (non-hydrogen) atoms. The summed E-state index contributed by atoms with van der Waals surface area (Å²) in [6.07, 6.45) is 5.37. The number of carbonyl (C=O) groups is 1. The van der Waals surface area contributed by atoms with Crippen LogP contribution < -0.4 is 10.1 Å². The van der Waals surface area contributed by atoms with Gasteiger partial charge in [-0.2, -0.15) is 0 Å². The summed E-state index contributed by atoms with van der Waals surface area (Å²) >= 11 is 5.89. The maximum absolute atomic E-state index is 12.9. The number of carbonyl (C=O) groups excluding carboxylic acids is 1. The molecule has 6 nitrogen and oxygen atoms in total. The lowest BCUT2D eigenvalue weighted by atomic mass is 10.0. The predicted octanol–water partition coefficient (Wildman–Crippen LogP) is 3.00. The van der Waals surface area contributed by atoms with Gasteiger partial charge in [-0.15, -0.1) is 0 Å². The van der Waals surface area contributed by atoms with Crippen LogP contribution in [0.1, 0.15) is 24.4 Å². The van der Waals surface area contributed by atoms with E-state index in [4.69, 9.17) is 16.3 Å². The van der Waals surface area contributed by atoms with Gasteiger partial charge in [0.1, 0.15) is 18.4 Å². The van der Waals surface area contributed by atoms with Crippen LogP contribution in [0.2, 0.25) is 5.02 Å². The third-order valence-electron chi connectivity index (χ3n) is 5.19. The summed E-state index contributed by atoms with van der Waals surface area (Å²) in [5, 5.41) is 3.94. The minimum atomic E-state index is -0.325. The number of benzene rings is 1. The van der Waals surface area contributed by atoms with Crippen molar-refractivity contribution in [1.82, 2.24) is 20.1 Å². The third-order valence-corrected chi connectivity index (χ3v) is 5.44. The van der Waals surface area contributed by atoms with E-state index in [1.165, 1.54) is 0 Å². The van der Waals surface area contributed by atoms with E-state index >= 15 is 0 Å². The quantitative estimate of drug-likeness (QED) is 0.716. The monoisotopic (exact) mass is 416 g/mol. The highest BCUT2D eigenvalue weighted by Gasteiger charge is 2.27. The number of halogens is 1. The summed E-state index contributed by atoms with van der Waals surface area (Å²) < 4.78 is 5.78. The molecule has 0 spiro atoms. The summed E-state index contributed by atoms with van der Waals surface area (Å²) in [6.45, 7) is 3.42. The van der Waals surface area contributed by atoms with Gasteiger partial charge in [0.15, 0.2) is 0 Å². The highest BCUT2D eigenvalue weighted by molar-refractivity contribution is 6.30. The maximum Gasteiger partial charge on any atom is 0.242 e. The van der Waals surface area contributed by atoms with Gasteiger partial charge in [0.2, 0.25) is 5.91 Å². The first-order valence-corrected chi connectivity index (χ1v) is 10.4. The Morgan fingerprint density at radius 3 is 2.62 bits per heavy atom. The van der Waals surface area contributed by atoms with Crippen molar-refractivity contribution in [1.29, 1.82) is 0 Å². The molecule has 0 unspecified atom stereocenters. The molecule has 1 amide bonds. The summed E-state index contributed by atoms with van der Waals surface area (Å²) in [4.78, 5) is 21.3. The van der Waals surface area contributed by atoms with Crippen LogP contribution in [0.5, 0.6) is 5.75 Å². The average Bonchev–Trinajstić information content (AvgIpc) is 2.71. The zero-order valence-electron chi connectivity index (χ0n) is 17.1. The topological polar surface area (TPSA) is 57.7 Å². The second-order valence-electron chi connectivity index (χ2n) is 7.58. The smallest absolute Gasteiger partial charge is 0.242 e. The van der Waals surface area contributed by atoms with Crippen LogP contribution in [0.4, 0.5) is 0 Å². The van der Waals surface area contributed by atoms with E-state index in [0.717, 1.165) is 43.8 Å². The summed E-state index contributed by atoms with van der Waals surface area (Å²) in [5.74, 6) is 0.870. The first-order chi connectivity index (χ1) is 14.0. The molecule has 1 aliphatic rings. The highest BCUT2D eigenvalue weighted by Crippen LogP contribution is 2.19. The zero-order chi connectivity index (χ0) is 20.6. The molecular formula is C22H29ClN4O2. The van der Waals surface area contributed by atoms with E-state index < -0.39 is 0 Å². The van der Waals surface area contributed by atoms with Gasteiger partial charge in [-0.1, -0.05) is 17.7 Å². The van der Waals surface area contributed by atoms with Gasteiger partial charge in [-0.05, 0) is 62.8 Å². The molecule has 2 heterocycles. The number of ether oxygens (including phenoxy) is 1. The van der Waals surface area contributed by atoms with Gasteiger partial charge in [-0.25, -0.2) is 0 Å². The van der Waals surface area contributed by atoms with Crippen molar-refractivity contribution in [3.63, 3.8) is 0 Å². The lowest BCUT2D eigenvalue weighted by Gasteiger charge is -2.33. The minimum absolute atomic E-state index is 0.0347. The standard InChI is InChI=1S/C22H29ClN4O2/c1-26(2)21(17-4-3-11-24-16-17)22(28)25-19-9-12-27(13-10-19)14-15-29-20-7-5-18(23)6-8-20/h3-8,11,16,19,21H,9-10,12-15H2,1-2H3,(H,25,28)/t21-/m1/s1. The van der Waals surface area contributed by atoms with Crippen molar-refractivity contribution >= 4 is 17.5 Å². The minimum Gasteiger partial charge on any atom is -0.492 e. The number of hydrogen-bond donors (Lipinski definition) is 1. The summed E-state index contributed by atoms with van der Waals surface area (Å²) in [7, 11) is 3.83. The molecule has 1 aromatic heterocycles. The average molecular weight is 417 g/mol. The van der Waals surface area contributed by atoms with E-state index in [2.05, 4.69) is 15.2 Å². The van der Waals surface area contributed by atoms with Crippen LogP contribution in [0, 0.1) is 0 Å². The summed E-state index contributed by atoms with van der Waals surface area (Å²) in [5.41, 5.74) is 0.909. The Labute approximate surface area is 177 Å². The van der Waals surface area contributed by atoms with Crippen molar-refractivity contribution in [2.45, 2.75) is 24.9 Å². The number of nitrogens with zero attached hydrogens (tertiary/aromatic N) is 3. The second-order valence-corrected chi connectivity index (χ2v) is 8.02. The van der Waals surface area contributed by atoms with Crippen LogP contribution in [-0.2, 0) is 4.79 Å². The van der Waals surface area contributed by atoms with Crippen molar-refractivity contribution in [3.05, 3.63) is 59.4 Å². The molecule has 3 rings (SSSR count). The molecule has 0 bridgehead atoms. The number of likely N-dealkylation sites (tertiary alicyclic amines) is 1. The van der Waals surface area contributed by atoms with Crippen molar-refractivity contribution in [3.8, 4) is 5.75 Å². The van der Waals surface area contributed by atoms with Crippen LogP contribution in [0.25, 0.3) is 0 Å². The summed E-state index contributed by atoms with van der Waals surface area (Å²) in [6, 6.07) is 11.1. The van der Waals surface area contributed by atoms with Gasteiger partial charge < -0.3 is 10.1 Å². The number of aromatic nitrogens is 1. The largest absolute Gasteiger partial charge is 0.492 e. The molecule has 1 saturated heterocycles. The fourth-order valence-corrected chi connectivity index (χ4v) is 3.75. The first-order valence-electron chi connectivity index (χ1n) is 10.0. The van der Waals surface area contributed by atoms with E-state index in [-0.39, 0.29) is 18.0 Å². The number of amides is 1. The maximum atomic E-state index is 12.9. The Morgan fingerprint density at radius 1 is 1.28 bits per heavy atom. The lowest BCUT2D eigenvalue weighted by molar-refractivity contribution is -0.126. The van der Waals surface area contributed by atoms with Gasteiger partial charge in [-0.3, -0.25) is 19.6 Å². The molecule has 1 N–H and O–H groups in total. The van der Waals surface area contributed by atoms with E-state index in [0.29, 0.717) is 11.6 Å². The van der Waals surface area contributed by atoms with Crippen molar-refractivity contribution < 1.29 is 9.53 Å². The van der Waals surface area contributed by atoms with Gasteiger partial charge in [0, 0.05) is 43.1 Å². The Kier molecular flexibility index (Phi) is 7.86. The molecular weight excluding hydrogens is 388 g/mol. The van der Waals surface area contributed by atoms with E-state index in [1.54, 1.807) is 12.4 Å². The van der Waals surface area contributed by atoms with Gasteiger partial charge >= 0.3 is 0 Å². The molecule has 1 aliphatic heterocycles. The normalized spacial score (nSPS) is 16.6. The molecule has 0 aliphatic carbocycles. The van der Waals surface area contributed by atoms with Crippen LogP contribution in [0.15, 0.2) is 48.8 Å². The number of rotatable bonds is 8. The van der Waals surface area contributed by atoms with Gasteiger partial charge in [0.25, 0.3) is 0 Å². The molecule has 0 radical (unpaired) electrons. The zero-order valence-corrected chi connectivity index (χ0v) is 17.8. The van der Waals surface area contributed by atoms with Crippen LogP contribution in [-0.4, -0.2) is 67.1 Å². The SMILES string of the molecule is CN(C)[C@@H](C(=O)NC1CCN(CCOc2ccc(Cl)cc2)CC1)c1cccnc1. The third kappa shape index (κ3) is 6.42. The first kappa shape index (κ1) is 21.6. The number of hydrogen-bond acceptors (Lipinski definition) is 5. The van der Waals surface area contributed by atoms with Crippen molar-refractivity contribution in [2.24, 2.45) is 0 Å². The molecule has 1 atom stereocenters. The Hall–Kier alpha value is -2.15. The molecule has 7 heteroatoms. The molecule has 1 fully saturated rings. The second kappa shape index (κ2) is 10.6. The Bertz CT molecular complexity index is 762. The van der Waals surface area contributed by atoms with E-state index in [9.17, 15) is 4.79 Å². The predicted molar refractivity (Wildman–Crippen MR) is 115 cm³/mol. The molecule has 0 saturated carbocycles. The number of nitrogens with one attached hydrogen (secondary N) is 1. The Balaban J connectivity index is 1.41. The Morgan fingerprint density at radius 2 is 2.00 bits per heavy atom. The fraction of sp³-hybridized carbons (Fsp3) is 0.455. The number of likely N-dealkylation sites (N-methyl/N-ethyl adjacent to an activating group) is 1. The number of piperidine rings is 1. The molecule has 2 aromatic rings. The molecule has 156 valence electrons.